The van der Waals surface area contributed by atoms with E-state index in [-0.39, 0.29) is 30.2 Å². The Kier molecular flexibility index (Phi) is 7.17. The van der Waals surface area contributed by atoms with Crippen molar-refractivity contribution >= 4 is 35.2 Å². The number of nitrogens with one attached hydrogen (secondary N) is 1. The Morgan fingerprint density at radius 1 is 1.16 bits per heavy atom. The molecule has 0 radical (unpaired) electrons. The van der Waals surface area contributed by atoms with E-state index in [2.05, 4.69) is 27.0 Å². The first-order valence-corrected chi connectivity index (χ1v) is 11.9. The fraction of sp³-hybridized carbons (Fsp3) is 0.292. The smallest absolute Gasteiger partial charge is 0.239 e. The molecule has 1 aliphatic rings. The maximum absolute atomic E-state index is 12.6. The fourth-order valence-corrected chi connectivity index (χ4v) is 4.33. The van der Waals surface area contributed by atoms with Crippen LogP contribution in [0, 0.1) is 0 Å². The van der Waals surface area contributed by atoms with Crippen LogP contribution in [0.3, 0.4) is 0 Å². The van der Waals surface area contributed by atoms with E-state index >= 15 is 0 Å². The van der Waals surface area contributed by atoms with Gasteiger partial charge in [0.15, 0.2) is 5.16 Å². The lowest BCUT2D eigenvalue weighted by Crippen LogP contribution is -2.39. The third-order valence-corrected chi connectivity index (χ3v) is 6.44. The first-order valence-electron chi connectivity index (χ1n) is 10.5. The number of carbonyl (C=O) groups excluding carboxylic acids is 2. The highest BCUT2D eigenvalue weighted by Gasteiger charge is 2.24. The van der Waals surface area contributed by atoms with Crippen molar-refractivity contribution in [1.29, 1.82) is 0 Å². The van der Waals surface area contributed by atoms with Gasteiger partial charge < -0.3 is 14.8 Å². The summed E-state index contributed by atoms with van der Waals surface area (Å²) in [7, 11) is 1.66. The molecule has 0 atom stereocenters. The maximum Gasteiger partial charge on any atom is 0.239 e. The molecule has 1 aliphatic carbocycles. The minimum absolute atomic E-state index is 0.0738. The number of halogens is 1. The Bertz CT molecular complexity index is 1080. The molecule has 166 valence electrons. The van der Waals surface area contributed by atoms with E-state index in [9.17, 15) is 9.59 Å². The van der Waals surface area contributed by atoms with Gasteiger partial charge in [0.05, 0.1) is 30.7 Å². The molecule has 32 heavy (non-hydrogen) atoms. The second kappa shape index (κ2) is 10.2. The van der Waals surface area contributed by atoms with Crippen molar-refractivity contribution in [3.63, 3.8) is 0 Å². The van der Waals surface area contributed by atoms with Gasteiger partial charge in [0.25, 0.3) is 0 Å². The van der Waals surface area contributed by atoms with Crippen LogP contribution in [0.5, 0.6) is 0 Å². The van der Waals surface area contributed by atoms with E-state index in [0.29, 0.717) is 11.6 Å². The van der Waals surface area contributed by atoms with E-state index in [4.69, 9.17) is 11.6 Å². The number of likely N-dealkylation sites (N-methyl/N-ethyl adjacent to an activating group) is 1. The van der Waals surface area contributed by atoms with Crippen molar-refractivity contribution in [3.05, 3.63) is 71.4 Å². The minimum atomic E-state index is -0.108. The Morgan fingerprint density at radius 3 is 2.56 bits per heavy atom. The first-order chi connectivity index (χ1) is 15.5. The number of aromatic nitrogens is 2. The molecular weight excluding hydrogens is 444 g/mol. The van der Waals surface area contributed by atoms with Crippen molar-refractivity contribution in [2.75, 3.05) is 19.3 Å². The number of amides is 2. The normalized spacial score (nSPS) is 13.1. The molecule has 1 aromatic heterocycles. The van der Waals surface area contributed by atoms with Crippen LogP contribution in [0.25, 0.3) is 11.3 Å². The average molecular weight is 469 g/mol. The van der Waals surface area contributed by atoms with Crippen molar-refractivity contribution in [1.82, 2.24) is 19.8 Å². The van der Waals surface area contributed by atoms with Gasteiger partial charge in [0.1, 0.15) is 0 Å². The molecule has 1 fully saturated rings. The highest BCUT2D eigenvalue weighted by atomic mass is 35.5. The van der Waals surface area contributed by atoms with Gasteiger partial charge >= 0.3 is 0 Å². The lowest BCUT2D eigenvalue weighted by atomic mass is 10.1. The number of carbonyl (C=O) groups is 2. The molecule has 2 amide bonds. The molecule has 0 aliphatic heterocycles. The number of thioether (sulfide) groups is 1. The van der Waals surface area contributed by atoms with Crippen molar-refractivity contribution in [2.24, 2.45) is 0 Å². The van der Waals surface area contributed by atoms with Gasteiger partial charge in [-0.15, -0.1) is 0 Å². The highest BCUT2D eigenvalue weighted by molar-refractivity contribution is 7.99. The molecule has 1 heterocycles. The summed E-state index contributed by atoms with van der Waals surface area (Å²) >= 11 is 7.44. The largest absolute Gasteiger partial charge is 0.352 e. The maximum atomic E-state index is 12.6. The zero-order chi connectivity index (χ0) is 22.5. The number of hydrogen-bond acceptors (Lipinski definition) is 4. The van der Waals surface area contributed by atoms with Crippen LogP contribution in [-0.2, 0) is 16.1 Å². The molecule has 1 N–H and O–H groups in total. The number of imidazole rings is 1. The van der Waals surface area contributed by atoms with Crippen LogP contribution in [0.15, 0.2) is 66.0 Å². The SMILES string of the molecule is CN(CC(=O)NC1CC1)C(=O)CSc1ncc(-c2ccc(Cl)cc2)n1Cc1ccccc1. The molecule has 3 aromatic rings. The summed E-state index contributed by atoms with van der Waals surface area (Å²) in [5.74, 6) is -0.00814. The summed E-state index contributed by atoms with van der Waals surface area (Å²) in [5.41, 5.74) is 3.10. The topological polar surface area (TPSA) is 67.2 Å². The molecule has 0 unspecified atom stereocenters. The predicted molar refractivity (Wildman–Crippen MR) is 128 cm³/mol. The van der Waals surface area contributed by atoms with E-state index in [0.717, 1.165) is 34.8 Å². The summed E-state index contributed by atoms with van der Waals surface area (Å²) in [4.78, 5) is 30.7. The molecule has 2 aromatic carbocycles. The summed E-state index contributed by atoms with van der Waals surface area (Å²) < 4.78 is 2.11. The Morgan fingerprint density at radius 2 is 1.88 bits per heavy atom. The summed E-state index contributed by atoms with van der Waals surface area (Å²) in [6.45, 7) is 0.708. The number of nitrogens with zero attached hydrogens (tertiary/aromatic N) is 3. The predicted octanol–water partition coefficient (Wildman–Crippen LogP) is 4.08. The number of benzene rings is 2. The minimum Gasteiger partial charge on any atom is -0.352 e. The van der Waals surface area contributed by atoms with Gasteiger partial charge in [-0.3, -0.25) is 9.59 Å². The molecule has 4 rings (SSSR count). The second-order valence-corrected chi connectivity index (χ2v) is 9.26. The molecule has 1 saturated carbocycles. The fourth-order valence-electron chi connectivity index (χ4n) is 3.28. The van der Waals surface area contributed by atoms with Crippen LogP contribution < -0.4 is 5.32 Å². The zero-order valence-electron chi connectivity index (χ0n) is 17.8. The van der Waals surface area contributed by atoms with Gasteiger partial charge in [-0.25, -0.2) is 4.98 Å². The average Bonchev–Trinajstić information content (AvgIpc) is 3.51. The van der Waals surface area contributed by atoms with E-state index in [1.807, 2.05) is 48.7 Å². The van der Waals surface area contributed by atoms with Crippen molar-refractivity contribution in [2.45, 2.75) is 30.6 Å². The van der Waals surface area contributed by atoms with Gasteiger partial charge in [0.2, 0.25) is 11.8 Å². The Labute approximate surface area is 197 Å². The third kappa shape index (κ3) is 5.93. The van der Waals surface area contributed by atoms with Crippen LogP contribution in [0.1, 0.15) is 18.4 Å². The van der Waals surface area contributed by atoms with Crippen LogP contribution >= 0.6 is 23.4 Å². The van der Waals surface area contributed by atoms with Crippen LogP contribution in [-0.4, -0.2) is 51.7 Å². The van der Waals surface area contributed by atoms with E-state index < -0.39 is 0 Å². The zero-order valence-corrected chi connectivity index (χ0v) is 19.4. The molecule has 8 heteroatoms. The molecule has 0 bridgehead atoms. The number of hydrogen-bond donors (Lipinski definition) is 1. The van der Waals surface area contributed by atoms with Gasteiger partial charge in [-0.1, -0.05) is 65.8 Å². The van der Waals surface area contributed by atoms with Gasteiger partial charge in [-0.2, -0.15) is 0 Å². The Balaban J connectivity index is 1.47. The quantitative estimate of drug-likeness (QED) is 0.480. The van der Waals surface area contributed by atoms with Crippen LogP contribution in [0.2, 0.25) is 5.02 Å². The summed E-state index contributed by atoms with van der Waals surface area (Å²) in [6.07, 6.45) is 3.88. The lowest BCUT2D eigenvalue weighted by Gasteiger charge is -2.17. The third-order valence-electron chi connectivity index (χ3n) is 5.22. The summed E-state index contributed by atoms with van der Waals surface area (Å²) in [5, 5.41) is 4.34. The van der Waals surface area contributed by atoms with E-state index in [1.54, 1.807) is 7.05 Å². The van der Waals surface area contributed by atoms with Crippen LogP contribution in [0.4, 0.5) is 0 Å². The van der Waals surface area contributed by atoms with Crippen molar-refractivity contribution < 1.29 is 9.59 Å². The monoisotopic (exact) mass is 468 g/mol. The number of rotatable bonds is 9. The molecule has 0 saturated heterocycles. The summed E-state index contributed by atoms with van der Waals surface area (Å²) in [6, 6.07) is 18.1. The van der Waals surface area contributed by atoms with E-state index in [1.165, 1.54) is 16.7 Å². The second-order valence-electron chi connectivity index (χ2n) is 7.88. The van der Waals surface area contributed by atoms with Gasteiger partial charge in [-0.05, 0) is 36.1 Å². The standard InChI is InChI=1S/C24H25ClN4O2S/c1-28(15-22(30)27-20-11-12-20)23(31)16-32-24-26-13-21(18-7-9-19(25)10-8-18)29(24)14-17-5-3-2-4-6-17/h2-10,13,20H,11-12,14-16H2,1H3,(H,27,30). The lowest BCUT2D eigenvalue weighted by molar-refractivity contribution is -0.132. The molecular formula is C24H25ClN4O2S. The van der Waals surface area contributed by atoms with Crippen molar-refractivity contribution in [3.8, 4) is 11.3 Å². The molecule has 6 nitrogen and oxygen atoms in total. The first kappa shape index (κ1) is 22.4. The van der Waals surface area contributed by atoms with Gasteiger partial charge in [0, 0.05) is 18.1 Å². The highest BCUT2D eigenvalue weighted by Crippen LogP contribution is 2.28. The molecule has 0 spiro atoms. The Hall–Kier alpha value is -2.77.